The SMILES string of the molecule is CN(C)CCNS(=O)(=O)c1ccc2c(c1)CCC(=O)N2. The van der Waals surface area contributed by atoms with E-state index in [4.69, 9.17) is 0 Å². The summed E-state index contributed by atoms with van der Waals surface area (Å²) in [7, 11) is 0.277. The zero-order valence-corrected chi connectivity index (χ0v) is 12.5. The molecule has 2 rings (SSSR count). The Morgan fingerprint density at radius 3 is 2.75 bits per heavy atom. The van der Waals surface area contributed by atoms with Crippen molar-refractivity contribution in [1.29, 1.82) is 0 Å². The van der Waals surface area contributed by atoms with Crippen molar-refractivity contribution in [3.05, 3.63) is 23.8 Å². The van der Waals surface area contributed by atoms with Crippen LogP contribution in [0.1, 0.15) is 12.0 Å². The molecule has 1 aliphatic heterocycles. The number of benzene rings is 1. The van der Waals surface area contributed by atoms with Crippen LogP contribution < -0.4 is 10.0 Å². The summed E-state index contributed by atoms with van der Waals surface area (Å²) in [4.78, 5) is 13.4. The number of hydrogen-bond donors (Lipinski definition) is 2. The van der Waals surface area contributed by atoms with E-state index in [2.05, 4.69) is 10.0 Å². The highest BCUT2D eigenvalue weighted by Crippen LogP contribution is 2.25. The number of carbonyl (C=O) groups excluding carboxylic acids is 1. The summed E-state index contributed by atoms with van der Waals surface area (Å²) in [6.07, 6.45) is 0.965. The number of amides is 1. The van der Waals surface area contributed by atoms with Gasteiger partial charge in [-0.1, -0.05) is 0 Å². The minimum absolute atomic E-state index is 0.0304. The van der Waals surface area contributed by atoms with E-state index in [1.54, 1.807) is 12.1 Å². The van der Waals surface area contributed by atoms with Gasteiger partial charge in [0.15, 0.2) is 0 Å². The fraction of sp³-hybridized carbons (Fsp3) is 0.462. The summed E-state index contributed by atoms with van der Waals surface area (Å²) in [5.41, 5.74) is 1.56. The fourth-order valence-corrected chi connectivity index (χ4v) is 3.09. The number of sulfonamides is 1. The third-order valence-electron chi connectivity index (χ3n) is 3.13. The Morgan fingerprint density at radius 2 is 2.05 bits per heavy atom. The maximum atomic E-state index is 12.1. The monoisotopic (exact) mass is 297 g/mol. The molecule has 0 radical (unpaired) electrons. The Bertz CT molecular complexity index is 611. The van der Waals surface area contributed by atoms with Crippen LogP contribution in [-0.4, -0.2) is 46.4 Å². The van der Waals surface area contributed by atoms with E-state index < -0.39 is 10.0 Å². The van der Waals surface area contributed by atoms with E-state index >= 15 is 0 Å². The Hall–Kier alpha value is -1.44. The lowest BCUT2D eigenvalue weighted by Gasteiger charge is -2.18. The molecule has 1 amide bonds. The number of nitrogens with one attached hydrogen (secondary N) is 2. The van der Waals surface area contributed by atoms with Crippen molar-refractivity contribution in [3.63, 3.8) is 0 Å². The molecular weight excluding hydrogens is 278 g/mol. The molecule has 0 aromatic heterocycles. The third kappa shape index (κ3) is 3.56. The molecular formula is C13H19N3O3S. The van der Waals surface area contributed by atoms with Crippen LogP contribution >= 0.6 is 0 Å². The number of fused-ring (bicyclic) bond motifs is 1. The molecule has 20 heavy (non-hydrogen) atoms. The number of anilines is 1. The maximum Gasteiger partial charge on any atom is 0.240 e. The Morgan fingerprint density at radius 1 is 1.30 bits per heavy atom. The smallest absolute Gasteiger partial charge is 0.240 e. The van der Waals surface area contributed by atoms with Crippen LogP contribution in [0.4, 0.5) is 5.69 Å². The number of hydrogen-bond acceptors (Lipinski definition) is 4. The molecule has 0 atom stereocenters. The molecule has 0 saturated heterocycles. The van der Waals surface area contributed by atoms with Crippen molar-refractivity contribution < 1.29 is 13.2 Å². The summed E-state index contributed by atoms with van der Waals surface area (Å²) in [5.74, 6) is -0.0304. The topological polar surface area (TPSA) is 78.5 Å². The minimum atomic E-state index is -3.49. The van der Waals surface area contributed by atoms with Crippen molar-refractivity contribution in [3.8, 4) is 0 Å². The lowest BCUT2D eigenvalue weighted by molar-refractivity contribution is -0.116. The molecule has 0 bridgehead atoms. The molecule has 0 spiro atoms. The highest BCUT2D eigenvalue weighted by molar-refractivity contribution is 7.89. The fourth-order valence-electron chi connectivity index (χ4n) is 2.01. The van der Waals surface area contributed by atoms with Crippen LogP contribution in [0.25, 0.3) is 0 Å². The first-order valence-corrected chi connectivity index (χ1v) is 7.94. The first kappa shape index (κ1) is 15.0. The van der Waals surface area contributed by atoms with Crippen molar-refractivity contribution in [2.24, 2.45) is 0 Å². The maximum absolute atomic E-state index is 12.1. The van der Waals surface area contributed by atoms with E-state index in [0.717, 1.165) is 5.56 Å². The first-order chi connectivity index (χ1) is 9.38. The van der Waals surface area contributed by atoms with Crippen molar-refractivity contribution >= 4 is 21.6 Å². The standard InChI is InChI=1S/C13H19N3O3S/c1-16(2)8-7-14-20(18,19)11-4-5-12-10(9-11)3-6-13(17)15-12/h4-5,9,14H,3,6-8H2,1-2H3,(H,15,17). The van der Waals surface area contributed by atoms with Gasteiger partial charge in [-0.3, -0.25) is 4.79 Å². The molecule has 2 N–H and O–H groups in total. The van der Waals surface area contributed by atoms with Crippen molar-refractivity contribution in [2.75, 3.05) is 32.5 Å². The lowest BCUT2D eigenvalue weighted by Crippen LogP contribution is -2.31. The van der Waals surface area contributed by atoms with Crippen LogP contribution in [0.15, 0.2) is 23.1 Å². The van der Waals surface area contributed by atoms with Crippen molar-refractivity contribution in [1.82, 2.24) is 9.62 Å². The molecule has 1 heterocycles. The summed E-state index contributed by atoms with van der Waals surface area (Å²) in [6.45, 7) is 1.00. The number of aryl methyl sites for hydroxylation is 1. The first-order valence-electron chi connectivity index (χ1n) is 6.46. The van der Waals surface area contributed by atoms with E-state index in [-0.39, 0.29) is 10.8 Å². The normalized spacial score (nSPS) is 15.1. The molecule has 7 heteroatoms. The highest BCUT2D eigenvalue weighted by Gasteiger charge is 2.19. The van der Waals surface area contributed by atoms with Gasteiger partial charge in [-0.25, -0.2) is 13.1 Å². The van der Waals surface area contributed by atoms with Gasteiger partial charge in [-0.05, 0) is 44.3 Å². The molecule has 0 fully saturated rings. The van der Waals surface area contributed by atoms with Gasteiger partial charge in [0.05, 0.1) is 4.90 Å². The second-order valence-corrected chi connectivity index (χ2v) is 6.84. The number of carbonyl (C=O) groups is 1. The number of nitrogens with zero attached hydrogens (tertiary/aromatic N) is 1. The van der Waals surface area contributed by atoms with Gasteiger partial charge in [-0.15, -0.1) is 0 Å². The average Bonchev–Trinajstić information content (AvgIpc) is 2.37. The predicted molar refractivity (Wildman–Crippen MR) is 77.1 cm³/mol. The predicted octanol–water partition coefficient (Wildman–Crippen LogP) is 0.411. The van der Waals surface area contributed by atoms with Crippen molar-refractivity contribution in [2.45, 2.75) is 17.7 Å². The summed E-state index contributed by atoms with van der Waals surface area (Å²) in [6, 6.07) is 4.79. The Labute approximate surface area is 119 Å². The summed E-state index contributed by atoms with van der Waals surface area (Å²) >= 11 is 0. The zero-order chi connectivity index (χ0) is 14.8. The molecule has 0 aliphatic carbocycles. The Kier molecular flexibility index (Phi) is 4.42. The largest absolute Gasteiger partial charge is 0.326 e. The van der Waals surface area contributed by atoms with Gasteiger partial charge in [0.2, 0.25) is 15.9 Å². The molecule has 0 saturated carbocycles. The number of rotatable bonds is 5. The highest BCUT2D eigenvalue weighted by atomic mass is 32.2. The second-order valence-electron chi connectivity index (χ2n) is 5.07. The van der Waals surface area contributed by atoms with Gasteiger partial charge in [0, 0.05) is 25.2 Å². The van der Waals surface area contributed by atoms with Crippen LogP contribution in [0.5, 0.6) is 0 Å². The molecule has 0 unspecified atom stereocenters. The van der Waals surface area contributed by atoms with E-state index in [1.165, 1.54) is 6.07 Å². The zero-order valence-electron chi connectivity index (χ0n) is 11.6. The van der Waals surface area contributed by atoms with E-state index in [9.17, 15) is 13.2 Å². The van der Waals surface area contributed by atoms with Gasteiger partial charge < -0.3 is 10.2 Å². The Balaban J connectivity index is 2.14. The van der Waals surface area contributed by atoms with Gasteiger partial charge in [0.25, 0.3) is 0 Å². The third-order valence-corrected chi connectivity index (χ3v) is 4.59. The lowest BCUT2D eigenvalue weighted by atomic mass is 10.0. The van der Waals surface area contributed by atoms with E-state index in [0.29, 0.717) is 31.6 Å². The van der Waals surface area contributed by atoms with Gasteiger partial charge in [-0.2, -0.15) is 0 Å². The summed E-state index contributed by atoms with van der Waals surface area (Å²) < 4.78 is 26.9. The van der Waals surface area contributed by atoms with Gasteiger partial charge in [0.1, 0.15) is 0 Å². The molecule has 1 aromatic rings. The van der Waals surface area contributed by atoms with Crippen LogP contribution in [0.3, 0.4) is 0 Å². The molecule has 110 valence electrons. The average molecular weight is 297 g/mol. The quantitative estimate of drug-likeness (QED) is 0.825. The van der Waals surface area contributed by atoms with E-state index in [1.807, 2.05) is 19.0 Å². The van der Waals surface area contributed by atoms with Gasteiger partial charge >= 0.3 is 0 Å². The van der Waals surface area contributed by atoms with Crippen LogP contribution in [-0.2, 0) is 21.2 Å². The molecule has 6 nitrogen and oxygen atoms in total. The molecule has 1 aromatic carbocycles. The number of likely N-dealkylation sites (N-methyl/N-ethyl adjacent to an activating group) is 1. The second kappa shape index (κ2) is 5.90. The van der Waals surface area contributed by atoms with Crippen LogP contribution in [0.2, 0.25) is 0 Å². The minimum Gasteiger partial charge on any atom is -0.326 e. The summed E-state index contributed by atoms with van der Waals surface area (Å²) in [5, 5.41) is 2.74. The van der Waals surface area contributed by atoms with Crippen LogP contribution in [0, 0.1) is 0 Å². The molecule has 1 aliphatic rings.